The van der Waals surface area contributed by atoms with E-state index in [2.05, 4.69) is 18.0 Å². The molecule has 1 fully saturated rings. The van der Waals surface area contributed by atoms with Crippen molar-refractivity contribution in [3.63, 3.8) is 0 Å². The number of carboxylic acid groups (broad SMARTS) is 1. The summed E-state index contributed by atoms with van der Waals surface area (Å²) in [5.41, 5.74) is 6.21. The van der Waals surface area contributed by atoms with Crippen LogP contribution in [0.2, 0.25) is 0 Å². The van der Waals surface area contributed by atoms with E-state index in [-0.39, 0.29) is 0 Å². The number of aromatic amines is 1. The van der Waals surface area contributed by atoms with Crippen LogP contribution in [0.25, 0.3) is 22.0 Å². The van der Waals surface area contributed by atoms with E-state index in [1.54, 1.807) is 12.1 Å². The molecule has 2 aromatic carbocycles. The van der Waals surface area contributed by atoms with Gasteiger partial charge in [0.1, 0.15) is 0 Å². The predicted molar refractivity (Wildman–Crippen MR) is 86.2 cm³/mol. The quantitative estimate of drug-likeness (QED) is 0.745. The van der Waals surface area contributed by atoms with Crippen LogP contribution in [0.4, 0.5) is 0 Å². The van der Waals surface area contributed by atoms with Crippen LogP contribution in [0.1, 0.15) is 40.4 Å². The Labute approximate surface area is 128 Å². The molecule has 1 saturated carbocycles. The molecule has 0 unspecified atom stereocenters. The second kappa shape index (κ2) is 4.73. The highest BCUT2D eigenvalue weighted by Gasteiger charge is 2.28. The van der Waals surface area contributed by atoms with Crippen molar-refractivity contribution in [2.45, 2.75) is 25.7 Å². The Balaban J connectivity index is 1.89. The number of hydrogen-bond acceptors (Lipinski definition) is 1. The number of aryl methyl sites for hydroxylation is 1. The van der Waals surface area contributed by atoms with Gasteiger partial charge in [-0.25, -0.2) is 4.79 Å². The Hall–Kier alpha value is -2.55. The lowest BCUT2D eigenvalue weighted by Crippen LogP contribution is -1.95. The largest absolute Gasteiger partial charge is 0.478 e. The first-order valence-corrected chi connectivity index (χ1v) is 7.51. The van der Waals surface area contributed by atoms with E-state index in [0.29, 0.717) is 11.5 Å². The van der Waals surface area contributed by atoms with Crippen LogP contribution < -0.4 is 0 Å². The summed E-state index contributed by atoms with van der Waals surface area (Å²) >= 11 is 0. The normalized spacial score (nSPS) is 14.4. The van der Waals surface area contributed by atoms with Crippen molar-refractivity contribution in [2.75, 3.05) is 0 Å². The summed E-state index contributed by atoms with van der Waals surface area (Å²) < 4.78 is 0. The maximum absolute atomic E-state index is 11.0. The minimum Gasteiger partial charge on any atom is -0.478 e. The summed E-state index contributed by atoms with van der Waals surface area (Å²) in [7, 11) is 0. The average molecular weight is 290 g/mol. The number of fused-ring (bicyclic) bond motifs is 1. The third kappa shape index (κ3) is 2.01. The molecule has 3 nitrogen and oxygen atoms in total. The van der Waals surface area contributed by atoms with Crippen molar-refractivity contribution in [1.82, 2.24) is 4.98 Å². The molecule has 1 radical (unpaired) electrons. The second-order valence-corrected chi connectivity index (χ2v) is 5.98. The topological polar surface area (TPSA) is 53.1 Å². The summed E-state index contributed by atoms with van der Waals surface area (Å²) in [5, 5.41) is 10.2. The van der Waals surface area contributed by atoms with Gasteiger partial charge in [0, 0.05) is 16.6 Å². The SMILES string of the molecule is Cc1c(C2CC2)[nH]c2c[c]cc(-c3ccc(C(=O)O)cc3)c12. The molecule has 1 aliphatic rings. The maximum Gasteiger partial charge on any atom is 0.335 e. The number of rotatable bonds is 3. The van der Waals surface area contributed by atoms with Gasteiger partial charge in [-0.2, -0.15) is 0 Å². The van der Waals surface area contributed by atoms with E-state index in [0.717, 1.165) is 16.6 Å². The molecule has 0 spiro atoms. The van der Waals surface area contributed by atoms with E-state index in [1.165, 1.54) is 29.5 Å². The number of hydrogen-bond donors (Lipinski definition) is 2. The zero-order valence-electron chi connectivity index (χ0n) is 12.3. The van der Waals surface area contributed by atoms with Gasteiger partial charge < -0.3 is 10.1 Å². The molecular formula is C19H16NO2. The third-order valence-corrected chi connectivity index (χ3v) is 4.47. The zero-order valence-corrected chi connectivity index (χ0v) is 12.3. The number of carboxylic acids is 1. The minimum atomic E-state index is -0.898. The number of carbonyl (C=O) groups is 1. The van der Waals surface area contributed by atoms with Crippen LogP contribution in [0, 0.1) is 13.0 Å². The molecule has 0 saturated heterocycles. The fraction of sp³-hybridized carbons (Fsp3) is 0.211. The van der Waals surface area contributed by atoms with Crippen molar-refractivity contribution in [1.29, 1.82) is 0 Å². The number of aromatic carboxylic acids is 1. The Bertz CT molecular complexity index is 870. The molecule has 1 heterocycles. The lowest BCUT2D eigenvalue weighted by molar-refractivity contribution is 0.0697. The first kappa shape index (κ1) is 13.1. The maximum atomic E-state index is 11.0. The lowest BCUT2D eigenvalue weighted by atomic mass is 9.97. The molecule has 0 amide bonds. The Morgan fingerprint density at radius 2 is 1.95 bits per heavy atom. The lowest BCUT2D eigenvalue weighted by Gasteiger charge is -2.06. The van der Waals surface area contributed by atoms with Gasteiger partial charge in [0.2, 0.25) is 0 Å². The molecule has 109 valence electrons. The van der Waals surface area contributed by atoms with Crippen molar-refractivity contribution >= 4 is 16.9 Å². The number of benzene rings is 2. The van der Waals surface area contributed by atoms with Gasteiger partial charge in [-0.05, 0) is 72.7 Å². The molecular weight excluding hydrogens is 274 g/mol. The summed E-state index contributed by atoms with van der Waals surface area (Å²) in [6, 6.07) is 14.2. The molecule has 0 atom stereocenters. The number of aromatic nitrogens is 1. The van der Waals surface area contributed by atoms with Crippen molar-refractivity contribution in [3.05, 3.63) is 59.3 Å². The van der Waals surface area contributed by atoms with Crippen LogP contribution in [0.5, 0.6) is 0 Å². The number of H-pyrrole nitrogens is 1. The summed E-state index contributed by atoms with van der Waals surface area (Å²) in [5.74, 6) is -0.222. The zero-order chi connectivity index (χ0) is 15.3. The van der Waals surface area contributed by atoms with E-state index >= 15 is 0 Å². The van der Waals surface area contributed by atoms with E-state index < -0.39 is 5.97 Å². The molecule has 2 N–H and O–H groups in total. The van der Waals surface area contributed by atoms with Crippen LogP contribution >= 0.6 is 0 Å². The van der Waals surface area contributed by atoms with Gasteiger partial charge in [-0.1, -0.05) is 12.1 Å². The molecule has 0 bridgehead atoms. The van der Waals surface area contributed by atoms with Crippen LogP contribution in [-0.4, -0.2) is 16.1 Å². The molecule has 4 rings (SSSR count). The van der Waals surface area contributed by atoms with Crippen molar-refractivity contribution in [3.8, 4) is 11.1 Å². The standard InChI is InChI=1S/C19H16NO2/c1-11-17-15(12-5-9-14(10-6-12)19(21)22)3-2-4-16(17)20-18(11)13-7-8-13/h3-6,9-10,13,20H,7-8H2,1H3,(H,21,22). The predicted octanol–water partition coefficient (Wildman–Crippen LogP) is 4.52. The Morgan fingerprint density at radius 1 is 1.23 bits per heavy atom. The van der Waals surface area contributed by atoms with Gasteiger partial charge in [0.25, 0.3) is 0 Å². The highest BCUT2D eigenvalue weighted by molar-refractivity contribution is 5.99. The molecule has 0 aliphatic heterocycles. The van der Waals surface area contributed by atoms with Gasteiger partial charge >= 0.3 is 5.97 Å². The van der Waals surface area contributed by atoms with Crippen molar-refractivity contribution < 1.29 is 9.90 Å². The monoisotopic (exact) mass is 290 g/mol. The number of nitrogens with one attached hydrogen (secondary N) is 1. The van der Waals surface area contributed by atoms with Crippen LogP contribution in [-0.2, 0) is 0 Å². The molecule has 3 aromatic rings. The van der Waals surface area contributed by atoms with Gasteiger partial charge in [-0.3, -0.25) is 0 Å². The third-order valence-electron chi connectivity index (χ3n) is 4.47. The van der Waals surface area contributed by atoms with E-state index in [4.69, 9.17) is 5.11 Å². The fourth-order valence-electron chi connectivity index (χ4n) is 3.17. The molecule has 22 heavy (non-hydrogen) atoms. The first-order chi connectivity index (χ1) is 10.6. The second-order valence-electron chi connectivity index (χ2n) is 5.98. The van der Waals surface area contributed by atoms with Crippen LogP contribution in [0.3, 0.4) is 0 Å². The minimum absolute atomic E-state index is 0.310. The van der Waals surface area contributed by atoms with Crippen LogP contribution in [0.15, 0.2) is 36.4 Å². The summed E-state index contributed by atoms with van der Waals surface area (Å²) in [6.45, 7) is 2.17. The van der Waals surface area contributed by atoms with Gasteiger partial charge in [-0.15, -0.1) is 0 Å². The van der Waals surface area contributed by atoms with Crippen molar-refractivity contribution in [2.24, 2.45) is 0 Å². The van der Waals surface area contributed by atoms with Gasteiger partial charge in [0.15, 0.2) is 0 Å². The summed E-state index contributed by atoms with van der Waals surface area (Å²) in [6.07, 6.45) is 2.53. The average Bonchev–Trinajstić information content (AvgIpc) is 3.31. The smallest absolute Gasteiger partial charge is 0.335 e. The Morgan fingerprint density at radius 3 is 2.59 bits per heavy atom. The first-order valence-electron chi connectivity index (χ1n) is 7.51. The summed E-state index contributed by atoms with van der Waals surface area (Å²) in [4.78, 5) is 14.5. The highest BCUT2D eigenvalue weighted by Crippen LogP contribution is 2.44. The molecule has 1 aliphatic carbocycles. The van der Waals surface area contributed by atoms with Gasteiger partial charge in [0.05, 0.1) is 5.56 Å². The molecule has 3 heteroatoms. The Kier molecular flexibility index (Phi) is 2.83. The highest BCUT2D eigenvalue weighted by atomic mass is 16.4. The fourth-order valence-corrected chi connectivity index (χ4v) is 3.17. The molecule has 1 aromatic heterocycles. The van der Waals surface area contributed by atoms with E-state index in [9.17, 15) is 4.79 Å². The van der Waals surface area contributed by atoms with E-state index in [1.807, 2.05) is 24.3 Å².